The zero-order valence-electron chi connectivity index (χ0n) is 22.0. The van der Waals surface area contributed by atoms with Crippen LogP contribution in [0.25, 0.3) is 5.52 Å². The van der Waals surface area contributed by atoms with E-state index < -0.39 is 6.10 Å². The molecule has 196 valence electrons. The maximum Gasteiger partial charge on any atom is 0.265 e. The molecule has 2 amide bonds. The Morgan fingerprint density at radius 3 is 2.39 bits per heavy atom. The van der Waals surface area contributed by atoms with Crippen LogP contribution in [0.15, 0.2) is 73.1 Å². The molecule has 8 heteroatoms. The fraction of sp³-hybridized carbons (Fsp3) is 0.333. The van der Waals surface area contributed by atoms with Crippen molar-refractivity contribution in [1.29, 1.82) is 0 Å². The van der Waals surface area contributed by atoms with Crippen molar-refractivity contribution in [3.05, 3.63) is 89.9 Å². The Morgan fingerprint density at radius 2 is 1.71 bits per heavy atom. The lowest BCUT2D eigenvalue weighted by molar-refractivity contribution is -0.122. The quantitative estimate of drug-likeness (QED) is 0.365. The largest absolute Gasteiger partial charge is 0.465 e. The number of ether oxygens (including phenoxy) is 1. The van der Waals surface area contributed by atoms with Gasteiger partial charge in [0.25, 0.3) is 11.8 Å². The first-order valence-corrected chi connectivity index (χ1v) is 13.2. The molecular formula is C30H33N5O3. The van der Waals surface area contributed by atoms with Gasteiger partial charge in [-0.05, 0) is 67.5 Å². The molecular weight excluding hydrogens is 478 g/mol. The minimum Gasteiger partial charge on any atom is -0.465 e. The van der Waals surface area contributed by atoms with E-state index in [-0.39, 0.29) is 17.7 Å². The number of aromatic nitrogens is 3. The minimum absolute atomic E-state index is 0.0634. The average Bonchev–Trinajstić information content (AvgIpc) is 3.34. The number of anilines is 1. The second-order valence-electron chi connectivity index (χ2n) is 10.1. The van der Waals surface area contributed by atoms with Gasteiger partial charge in [-0.1, -0.05) is 38.1 Å². The summed E-state index contributed by atoms with van der Waals surface area (Å²) in [6, 6.07) is 19.1. The number of pyridine rings is 2. The van der Waals surface area contributed by atoms with E-state index in [0.29, 0.717) is 24.9 Å². The number of likely N-dealkylation sites (tertiary alicyclic amines) is 1. The van der Waals surface area contributed by atoms with Crippen LogP contribution in [0.1, 0.15) is 67.1 Å². The molecule has 1 aliphatic rings. The van der Waals surface area contributed by atoms with Gasteiger partial charge in [0.2, 0.25) is 5.88 Å². The van der Waals surface area contributed by atoms with Crippen molar-refractivity contribution in [2.24, 2.45) is 0 Å². The van der Waals surface area contributed by atoms with Gasteiger partial charge in [-0.2, -0.15) is 5.10 Å². The van der Waals surface area contributed by atoms with Crippen molar-refractivity contribution in [3.63, 3.8) is 0 Å². The van der Waals surface area contributed by atoms with Gasteiger partial charge in [-0.15, -0.1) is 0 Å². The molecule has 1 saturated heterocycles. The first kappa shape index (κ1) is 25.4. The van der Waals surface area contributed by atoms with Crippen LogP contribution >= 0.6 is 0 Å². The van der Waals surface area contributed by atoms with Crippen molar-refractivity contribution in [3.8, 4) is 5.88 Å². The molecule has 1 unspecified atom stereocenters. The van der Waals surface area contributed by atoms with Crippen molar-refractivity contribution in [2.45, 2.75) is 51.6 Å². The van der Waals surface area contributed by atoms with Crippen LogP contribution in [0, 0.1) is 0 Å². The van der Waals surface area contributed by atoms with Gasteiger partial charge >= 0.3 is 0 Å². The van der Waals surface area contributed by atoms with Gasteiger partial charge in [-0.25, -0.2) is 9.50 Å². The van der Waals surface area contributed by atoms with Crippen LogP contribution in [0.5, 0.6) is 5.88 Å². The van der Waals surface area contributed by atoms with Gasteiger partial charge in [0.15, 0.2) is 6.10 Å². The highest BCUT2D eigenvalue weighted by Gasteiger charge is 2.29. The van der Waals surface area contributed by atoms with Gasteiger partial charge < -0.3 is 15.0 Å². The highest BCUT2D eigenvalue weighted by atomic mass is 16.5. The summed E-state index contributed by atoms with van der Waals surface area (Å²) in [7, 11) is 0. The number of carbonyl (C=O) groups is 2. The summed E-state index contributed by atoms with van der Waals surface area (Å²) in [5.74, 6) is 0.771. The van der Waals surface area contributed by atoms with Gasteiger partial charge in [0, 0.05) is 37.2 Å². The Kier molecular flexibility index (Phi) is 7.40. The maximum absolute atomic E-state index is 13.6. The lowest BCUT2D eigenvalue weighted by atomic mass is 9.89. The van der Waals surface area contributed by atoms with E-state index >= 15 is 0 Å². The second-order valence-corrected chi connectivity index (χ2v) is 10.1. The number of hydrogen-bond donors (Lipinski definition) is 1. The van der Waals surface area contributed by atoms with E-state index in [1.807, 2.05) is 47.5 Å². The van der Waals surface area contributed by atoms with Gasteiger partial charge in [-0.3, -0.25) is 9.59 Å². The molecule has 4 heterocycles. The molecule has 1 aliphatic heterocycles. The fourth-order valence-electron chi connectivity index (χ4n) is 4.95. The Labute approximate surface area is 222 Å². The molecule has 1 aromatic carbocycles. The topological polar surface area (TPSA) is 88.8 Å². The summed E-state index contributed by atoms with van der Waals surface area (Å²) in [5, 5.41) is 7.59. The van der Waals surface area contributed by atoms with Crippen LogP contribution in [0.2, 0.25) is 0 Å². The van der Waals surface area contributed by atoms with Gasteiger partial charge in [0.05, 0.1) is 16.8 Å². The number of piperidine rings is 1. The van der Waals surface area contributed by atoms with Gasteiger partial charge in [0.1, 0.15) is 0 Å². The van der Waals surface area contributed by atoms with E-state index in [4.69, 9.17) is 4.74 Å². The van der Waals surface area contributed by atoms with Crippen LogP contribution in [-0.4, -0.2) is 50.5 Å². The Balaban J connectivity index is 1.19. The molecule has 0 bridgehead atoms. The SMILES string of the molecule is CC(Oc1ccccn1)C(=O)Nc1ccc(C2CCN(C(=O)c3c(C(C)C)nn4ccccc34)CC2)cc1. The molecule has 0 radical (unpaired) electrons. The van der Waals surface area contributed by atoms with Crippen molar-refractivity contribution in [2.75, 3.05) is 18.4 Å². The number of amides is 2. The number of carbonyl (C=O) groups excluding carboxylic acids is 2. The number of benzene rings is 1. The van der Waals surface area contributed by atoms with E-state index in [1.165, 1.54) is 5.56 Å². The predicted molar refractivity (Wildman–Crippen MR) is 147 cm³/mol. The zero-order valence-corrected chi connectivity index (χ0v) is 22.0. The Morgan fingerprint density at radius 1 is 0.974 bits per heavy atom. The van der Waals surface area contributed by atoms with E-state index in [1.54, 1.807) is 29.8 Å². The number of hydrogen-bond acceptors (Lipinski definition) is 5. The van der Waals surface area contributed by atoms with Crippen molar-refractivity contribution in [1.82, 2.24) is 19.5 Å². The standard InChI is InChI=1S/C30H33N5O3/c1-20(2)28-27(25-8-5-7-17-35(25)33-28)30(37)34-18-14-23(15-19-34)22-10-12-24(13-11-22)32-29(36)21(3)38-26-9-4-6-16-31-26/h4-13,16-17,20-21,23H,14-15,18-19H2,1-3H3,(H,32,36). The van der Waals surface area contributed by atoms with Crippen molar-refractivity contribution < 1.29 is 14.3 Å². The maximum atomic E-state index is 13.6. The normalized spacial score (nSPS) is 15.0. The van der Waals surface area contributed by atoms with Crippen LogP contribution < -0.4 is 10.1 Å². The van der Waals surface area contributed by atoms with Crippen LogP contribution in [0.3, 0.4) is 0 Å². The number of nitrogens with one attached hydrogen (secondary N) is 1. The molecule has 8 nitrogen and oxygen atoms in total. The minimum atomic E-state index is -0.671. The van der Waals surface area contributed by atoms with E-state index in [2.05, 4.69) is 41.4 Å². The summed E-state index contributed by atoms with van der Waals surface area (Å²) < 4.78 is 7.41. The molecule has 1 fully saturated rings. The van der Waals surface area contributed by atoms with E-state index in [0.717, 1.165) is 35.3 Å². The summed E-state index contributed by atoms with van der Waals surface area (Å²) in [6.07, 6.45) is 4.63. The highest BCUT2D eigenvalue weighted by Crippen LogP contribution is 2.31. The third-order valence-corrected chi connectivity index (χ3v) is 7.06. The molecule has 1 N–H and O–H groups in total. The third-order valence-electron chi connectivity index (χ3n) is 7.06. The second kappa shape index (κ2) is 11.0. The predicted octanol–water partition coefficient (Wildman–Crippen LogP) is 5.28. The molecule has 0 spiro atoms. The lowest BCUT2D eigenvalue weighted by Gasteiger charge is -2.32. The lowest BCUT2D eigenvalue weighted by Crippen LogP contribution is -2.38. The molecule has 0 saturated carbocycles. The monoisotopic (exact) mass is 511 g/mol. The van der Waals surface area contributed by atoms with Crippen molar-refractivity contribution >= 4 is 23.0 Å². The number of rotatable bonds is 7. The Hall–Kier alpha value is -4.20. The smallest absolute Gasteiger partial charge is 0.265 e. The molecule has 4 aromatic rings. The molecule has 1 atom stereocenters. The summed E-state index contributed by atoms with van der Waals surface area (Å²) in [5.41, 5.74) is 4.37. The molecule has 3 aromatic heterocycles. The molecule has 5 rings (SSSR count). The Bertz CT molecular complexity index is 1410. The zero-order chi connectivity index (χ0) is 26.6. The molecule has 38 heavy (non-hydrogen) atoms. The number of nitrogens with zero attached hydrogens (tertiary/aromatic N) is 4. The van der Waals surface area contributed by atoms with E-state index in [9.17, 15) is 9.59 Å². The first-order valence-electron chi connectivity index (χ1n) is 13.2. The number of fused-ring (bicyclic) bond motifs is 1. The highest BCUT2D eigenvalue weighted by molar-refractivity contribution is 6.02. The third kappa shape index (κ3) is 5.39. The fourth-order valence-corrected chi connectivity index (χ4v) is 4.95. The molecule has 0 aliphatic carbocycles. The average molecular weight is 512 g/mol. The van der Waals surface area contributed by atoms with Crippen LogP contribution in [-0.2, 0) is 4.79 Å². The first-order chi connectivity index (χ1) is 18.4. The summed E-state index contributed by atoms with van der Waals surface area (Å²) in [6.45, 7) is 7.25. The summed E-state index contributed by atoms with van der Waals surface area (Å²) >= 11 is 0. The summed E-state index contributed by atoms with van der Waals surface area (Å²) in [4.78, 5) is 32.2. The van der Waals surface area contributed by atoms with Crippen LogP contribution in [0.4, 0.5) is 5.69 Å².